The number of allylic oxidation sites excluding steroid dienone is 4. The Balaban J connectivity index is 0.000000293. The Hall–Kier alpha value is -2.77. The molecule has 1 aromatic carbocycles. The van der Waals surface area contributed by atoms with E-state index in [0.29, 0.717) is 6.54 Å². The molecule has 128 valence electrons. The standard InChI is InChI=1S/C14H16N2.C7H7NS/c1-3-8-13(2)9-7-12-15-16-14-10-5-4-6-11-14;1-5-3-7(4-8)6(2)9-5/h3-11H,1,12H2,2H3;3H,1-2H3/b9-7-,13-8-,16-15?;. The summed E-state index contributed by atoms with van der Waals surface area (Å²) in [5.74, 6) is 0. The van der Waals surface area contributed by atoms with Crippen molar-refractivity contribution >= 4 is 17.0 Å². The van der Waals surface area contributed by atoms with Gasteiger partial charge >= 0.3 is 0 Å². The van der Waals surface area contributed by atoms with Crippen LogP contribution in [0.1, 0.15) is 22.2 Å². The molecule has 0 atom stereocenters. The molecule has 1 heterocycles. The van der Waals surface area contributed by atoms with Crippen molar-refractivity contribution in [3.8, 4) is 6.07 Å². The molecule has 0 unspecified atom stereocenters. The Kier molecular flexibility index (Phi) is 9.50. The van der Waals surface area contributed by atoms with Crippen LogP contribution in [0.15, 0.2) is 83.1 Å². The maximum atomic E-state index is 8.49. The molecule has 0 saturated heterocycles. The zero-order valence-corrected chi connectivity index (χ0v) is 15.8. The second kappa shape index (κ2) is 11.7. The number of nitrogens with zero attached hydrogens (tertiary/aromatic N) is 3. The summed E-state index contributed by atoms with van der Waals surface area (Å²) in [6, 6.07) is 13.7. The van der Waals surface area contributed by atoms with Gasteiger partial charge in [-0.3, -0.25) is 0 Å². The van der Waals surface area contributed by atoms with Gasteiger partial charge in [-0.15, -0.1) is 11.3 Å². The maximum absolute atomic E-state index is 8.49. The predicted molar refractivity (Wildman–Crippen MR) is 107 cm³/mol. The van der Waals surface area contributed by atoms with Gasteiger partial charge in [-0.2, -0.15) is 15.5 Å². The molecule has 2 rings (SSSR count). The average Bonchev–Trinajstić information content (AvgIpc) is 2.94. The summed E-state index contributed by atoms with van der Waals surface area (Å²) in [5.41, 5.74) is 2.86. The van der Waals surface area contributed by atoms with Crippen LogP contribution in [0.2, 0.25) is 0 Å². The largest absolute Gasteiger partial charge is 0.192 e. The lowest BCUT2D eigenvalue weighted by Crippen LogP contribution is -1.71. The monoisotopic (exact) mass is 349 g/mol. The van der Waals surface area contributed by atoms with Gasteiger partial charge in [-0.25, -0.2) is 0 Å². The normalized spacial score (nSPS) is 11.2. The van der Waals surface area contributed by atoms with Crippen molar-refractivity contribution in [2.75, 3.05) is 6.54 Å². The molecular formula is C21H23N3S. The smallest absolute Gasteiger partial charge is 0.100 e. The summed E-state index contributed by atoms with van der Waals surface area (Å²) in [6.07, 6.45) is 7.70. The second-order valence-corrected chi connectivity index (χ2v) is 6.71. The first-order valence-electron chi connectivity index (χ1n) is 7.92. The highest BCUT2D eigenvalue weighted by atomic mass is 32.1. The first kappa shape index (κ1) is 20.3. The van der Waals surface area contributed by atoms with E-state index >= 15 is 0 Å². The quantitative estimate of drug-likeness (QED) is 0.438. The Morgan fingerprint density at radius 1 is 1.28 bits per heavy atom. The number of thiophene rings is 1. The second-order valence-electron chi connectivity index (χ2n) is 5.25. The van der Waals surface area contributed by atoms with Crippen LogP contribution in [-0.2, 0) is 0 Å². The zero-order valence-electron chi connectivity index (χ0n) is 14.9. The molecule has 0 aliphatic carbocycles. The molecule has 0 aliphatic rings. The van der Waals surface area contributed by atoms with Gasteiger partial charge in [0.2, 0.25) is 0 Å². The lowest BCUT2D eigenvalue weighted by Gasteiger charge is -1.89. The summed E-state index contributed by atoms with van der Waals surface area (Å²) < 4.78 is 0. The predicted octanol–water partition coefficient (Wildman–Crippen LogP) is 6.70. The number of azo groups is 1. The van der Waals surface area contributed by atoms with E-state index in [9.17, 15) is 0 Å². The highest BCUT2D eigenvalue weighted by Gasteiger charge is 1.98. The third kappa shape index (κ3) is 8.59. The lowest BCUT2D eigenvalue weighted by atomic mass is 10.2. The zero-order chi connectivity index (χ0) is 18.5. The Bertz CT molecular complexity index is 790. The van der Waals surface area contributed by atoms with E-state index in [-0.39, 0.29) is 0 Å². The van der Waals surface area contributed by atoms with Crippen LogP contribution in [0, 0.1) is 25.2 Å². The third-order valence-electron chi connectivity index (χ3n) is 3.05. The summed E-state index contributed by atoms with van der Waals surface area (Å²) in [6.45, 7) is 10.2. The van der Waals surface area contributed by atoms with E-state index < -0.39 is 0 Å². The van der Waals surface area contributed by atoms with E-state index in [4.69, 9.17) is 5.26 Å². The van der Waals surface area contributed by atoms with Gasteiger partial charge in [0, 0.05) is 9.75 Å². The average molecular weight is 350 g/mol. The number of benzene rings is 1. The Labute approximate surface area is 154 Å². The summed E-state index contributed by atoms with van der Waals surface area (Å²) >= 11 is 1.67. The molecule has 0 aliphatic heterocycles. The van der Waals surface area contributed by atoms with E-state index in [0.717, 1.165) is 21.7 Å². The molecular weight excluding hydrogens is 326 g/mol. The number of rotatable bonds is 5. The van der Waals surface area contributed by atoms with E-state index in [1.807, 2.05) is 75.4 Å². The molecule has 0 amide bonds. The van der Waals surface area contributed by atoms with Crippen molar-refractivity contribution in [1.29, 1.82) is 5.26 Å². The van der Waals surface area contributed by atoms with Crippen LogP contribution in [-0.4, -0.2) is 6.54 Å². The lowest BCUT2D eigenvalue weighted by molar-refractivity contribution is 1.07. The molecule has 3 nitrogen and oxygen atoms in total. The first-order valence-corrected chi connectivity index (χ1v) is 8.74. The van der Waals surface area contributed by atoms with Crippen molar-refractivity contribution in [1.82, 2.24) is 0 Å². The van der Waals surface area contributed by atoms with Crippen LogP contribution in [0.25, 0.3) is 0 Å². The molecule has 0 radical (unpaired) electrons. The fourth-order valence-electron chi connectivity index (χ4n) is 1.89. The molecule has 2 aromatic rings. The van der Waals surface area contributed by atoms with E-state index in [1.165, 1.54) is 4.88 Å². The molecule has 25 heavy (non-hydrogen) atoms. The van der Waals surface area contributed by atoms with E-state index in [1.54, 1.807) is 17.4 Å². The fourth-order valence-corrected chi connectivity index (χ4v) is 2.76. The van der Waals surface area contributed by atoms with Crippen LogP contribution in [0.5, 0.6) is 0 Å². The summed E-state index contributed by atoms with van der Waals surface area (Å²) in [4.78, 5) is 2.33. The molecule has 1 aromatic heterocycles. The number of hydrogen-bond donors (Lipinski definition) is 0. The minimum Gasteiger partial charge on any atom is -0.192 e. The van der Waals surface area contributed by atoms with Crippen molar-refractivity contribution in [3.05, 3.63) is 88.2 Å². The number of nitriles is 1. The van der Waals surface area contributed by atoms with Gasteiger partial charge in [-0.05, 0) is 39.0 Å². The van der Waals surface area contributed by atoms with Crippen molar-refractivity contribution in [2.45, 2.75) is 20.8 Å². The Morgan fingerprint density at radius 2 is 2.00 bits per heavy atom. The highest BCUT2D eigenvalue weighted by molar-refractivity contribution is 7.12. The third-order valence-corrected chi connectivity index (χ3v) is 4.02. The maximum Gasteiger partial charge on any atom is 0.100 e. The first-order chi connectivity index (χ1) is 12.1. The number of aryl methyl sites for hydroxylation is 2. The van der Waals surface area contributed by atoms with Crippen LogP contribution >= 0.6 is 11.3 Å². The van der Waals surface area contributed by atoms with Gasteiger partial charge in [0.1, 0.15) is 6.07 Å². The van der Waals surface area contributed by atoms with Gasteiger partial charge in [-0.1, -0.05) is 54.7 Å². The van der Waals surface area contributed by atoms with Gasteiger partial charge in [0.15, 0.2) is 0 Å². The number of hydrogen-bond acceptors (Lipinski definition) is 4. The van der Waals surface area contributed by atoms with Crippen molar-refractivity contribution < 1.29 is 0 Å². The minimum atomic E-state index is 0.594. The van der Waals surface area contributed by atoms with Crippen molar-refractivity contribution in [3.63, 3.8) is 0 Å². The van der Waals surface area contributed by atoms with Gasteiger partial charge < -0.3 is 0 Å². The topological polar surface area (TPSA) is 48.5 Å². The van der Waals surface area contributed by atoms with Crippen molar-refractivity contribution in [2.24, 2.45) is 10.2 Å². The van der Waals surface area contributed by atoms with Crippen LogP contribution in [0.3, 0.4) is 0 Å². The van der Waals surface area contributed by atoms with Crippen LogP contribution < -0.4 is 0 Å². The highest BCUT2D eigenvalue weighted by Crippen LogP contribution is 2.18. The molecule has 4 heteroatoms. The molecule has 0 saturated carbocycles. The van der Waals surface area contributed by atoms with Crippen LogP contribution in [0.4, 0.5) is 5.69 Å². The van der Waals surface area contributed by atoms with Gasteiger partial charge in [0.25, 0.3) is 0 Å². The van der Waals surface area contributed by atoms with Gasteiger partial charge in [0.05, 0.1) is 17.8 Å². The molecule has 0 spiro atoms. The fraction of sp³-hybridized carbons (Fsp3) is 0.190. The summed E-state index contributed by atoms with van der Waals surface area (Å²) in [5, 5.41) is 16.6. The molecule has 0 bridgehead atoms. The van der Waals surface area contributed by atoms with E-state index in [2.05, 4.69) is 22.9 Å². The molecule has 0 fully saturated rings. The molecule has 0 N–H and O–H groups in total. The SMILES string of the molecule is C=C/C=C(C)\C=C/CN=Nc1ccccc1.Cc1cc(C#N)c(C)s1. The minimum absolute atomic E-state index is 0.594. The summed E-state index contributed by atoms with van der Waals surface area (Å²) in [7, 11) is 0. The Morgan fingerprint density at radius 3 is 2.52 bits per heavy atom.